The molecule has 4 nitrogen and oxygen atoms in total. The predicted molar refractivity (Wildman–Crippen MR) is 130 cm³/mol. The summed E-state index contributed by atoms with van der Waals surface area (Å²) in [7, 11) is 0. The molecule has 3 aromatic rings. The highest BCUT2D eigenvalue weighted by molar-refractivity contribution is 6.42. The van der Waals surface area contributed by atoms with Crippen molar-refractivity contribution in [2.45, 2.75) is 32.2 Å². The number of ether oxygens (including phenoxy) is 1. The van der Waals surface area contributed by atoms with Crippen LogP contribution in [0, 0.1) is 0 Å². The normalized spacial score (nSPS) is 11.6. The molecule has 1 atom stereocenters. The van der Waals surface area contributed by atoms with Gasteiger partial charge in [-0.1, -0.05) is 59.6 Å². The Morgan fingerprint density at radius 1 is 0.938 bits per heavy atom. The third-order valence-electron chi connectivity index (χ3n) is 5.05. The Kier molecular flexibility index (Phi) is 8.72. The maximum absolute atomic E-state index is 12.8. The molecule has 0 aliphatic heterocycles. The van der Waals surface area contributed by atoms with Crippen LogP contribution < -0.4 is 5.32 Å². The Labute approximate surface area is 198 Å². The molecule has 0 spiro atoms. The molecule has 0 aliphatic carbocycles. The summed E-state index contributed by atoms with van der Waals surface area (Å²) in [6, 6.07) is 22.0. The Balaban J connectivity index is 1.74. The first-order valence-electron chi connectivity index (χ1n) is 10.5. The van der Waals surface area contributed by atoms with Crippen LogP contribution in [0.1, 0.15) is 47.3 Å². The largest absolute Gasteiger partial charge is 0.462 e. The van der Waals surface area contributed by atoms with Crippen molar-refractivity contribution >= 4 is 40.6 Å². The van der Waals surface area contributed by atoms with E-state index in [0.717, 1.165) is 16.8 Å². The van der Waals surface area contributed by atoms with Crippen molar-refractivity contribution in [3.63, 3.8) is 0 Å². The highest BCUT2D eigenvalue weighted by Gasteiger charge is 2.18. The molecule has 0 heterocycles. The van der Waals surface area contributed by atoms with Gasteiger partial charge in [0.1, 0.15) is 5.78 Å². The third kappa shape index (κ3) is 6.84. The quantitative estimate of drug-likeness (QED) is 0.327. The molecular formula is C26H25Cl2NO3. The highest BCUT2D eigenvalue weighted by atomic mass is 35.5. The van der Waals surface area contributed by atoms with Gasteiger partial charge in [-0.15, -0.1) is 0 Å². The topological polar surface area (TPSA) is 55.4 Å². The van der Waals surface area contributed by atoms with Crippen LogP contribution in [0.2, 0.25) is 10.0 Å². The molecule has 0 radical (unpaired) electrons. The number of esters is 1. The van der Waals surface area contributed by atoms with Gasteiger partial charge in [-0.05, 0) is 60.9 Å². The molecule has 166 valence electrons. The monoisotopic (exact) mass is 469 g/mol. The van der Waals surface area contributed by atoms with Gasteiger partial charge in [-0.3, -0.25) is 4.79 Å². The average Bonchev–Trinajstić information content (AvgIpc) is 2.80. The number of hydrogen-bond acceptors (Lipinski definition) is 4. The number of halogens is 2. The van der Waals surface area contributed by atoms with Gasteiger partial charge in [0, 0.05) is 18.5 Å². The van der Waals surface area contributed by atoms with Gasteiger partial charge in [0.05, 0.1) is 28.3 Å². The SMILES string of the molecule is CCOC(=O)c1ccc(NC(CC(=O)CCc2ccccc2)c2ccc(Cl)c(Cl)c2)cc1. The van der Waals surface area contributed by atoms with E-state index in [9.17, 15) is 9.59 Å². The van der Waals surface area contributed by atoms with E-state index in [-0.39, 0.29) is 17.8 Å². The lowest BCUT2D eigenvalue weighted by molar-refractivity contribution is -0.119. The van der Waals surface area contributed by atoms with Crippen molar-refractivity contribution < 1.29 is 14.3 Å². The molecule has 0 bridgehead atoms. The number of Topliss-reactive ketones (excluding diaryl/α,β-unsaturated/α-hetero) is 1. The number of carbonyl (C=O) groups excluding carboxylic acids is 2. The van der Waals surface area contributed by atoms with Gasteiger partial charge < -0.3 is 10.1 Å². The predicted octanol–water partition coefficient (Wildman–Crippen LogP) is 6.92. The minimum atomic E-state index is -0.365. The lowest BCUT2D eigenvalue weighted by Gasteiger charge is -2.21. The first-order valence-corrected chi connectivity index (χ1v) is 11.3. The second-order valence-corrected chi connectivity index (χ2v) is 8.21. The minimum Gasteiger partial charge on any atom is -0.462 e. The number of benzene rings is 3. The molecule has 0 aliphatic rings. The zero-order valence-corrected chi connectivity index (χ0v) is 19.3. The Hall–Kier alpha value is -2.82. The van der Waals surface area contributed by atoms with Crippen molar-refractivity contribution in [1.82, 2.24) is 0 Å². The molecule has 3 aromatic carbocycles. The molecule has 1 unspecified atom stereocenters. The molecule has 0 aromatic heterocycles. The van der Waals surface area contributed by atoms with E-state index < -0.39 is 0 Å². The number of ketones is 1. The van der Waals surface area contributed by atoms with Crippen LogP contribution in [-0.2, 0) is 16.0 Å². The first-order chi connectivity index (χ1) is 15.5. The molecule has 1 N–H and O–H groups in total. The summed E-state index contributed by atoms with van der Waals surface area (Å²) < 4.78 is 5.03. The van der Waals surface area contributed by atoms with Gasteiger partial charge in [-0.2, -0.15) is 0 Å². The van der Waals surface area contributed by atoms with Gasteiger partial charge in [0.15, 0.2) is 0 Å². The fourth-order valence-corrected chi connectivity index (χ4v) is 3.66. The fraction of sp³-hybridized carbons (Fsp3) is 0.231. The molecule has 0 saturated carbocycles. The Morgan fingerprint density at radius 3 is 2.31 bits per heavy atom. The number of aryl methyl sites for hydroxylation is 1. The van der Waals surface area contributed by atoms with Crippen molar-refractivity contribution in [1.29, 1.82) is 0 Å². The van der Waals surface area contributed by atoms with E-state index in [4.69, 9.17) is 27.9 Å². The van der Waals surface area contributed by atoms with Crippen LogP contribution in [0.5, 0.6) is 0 Å². The van der Waals surface area contributed by atoms with Gasteiger partial charge in [-0.25, -0.2) is 4.79 Å². The number of nitrogens with one attached hydrogen (secondary N) is 1. The van der Waals surface area contributed by atoms with Gasteiger partial charge >= 0.3 is 5.97 Å². The second kappa shape index (κ2) is 11.7. The van der Waals surface area contributed by atoms with Crippen LogP contribution in [0.15, 0.2) is 72.8 Å². The first kappa shape index (κ1) is 23.8. The smallest absolute Gasteiger partial charge is 0.338 e. The maximum Gasteiger partial charge on any atom is 0.338 e. The van der Waals surface area contributed by atoms with Crippen molar-refractivity contribution in [2.24, 2.45) is 0 Å². The second-order valence-electron chi connectivity index (χ2n) is 7.40. The number of hydrogen-bond donors (Lipinski definition) is 1. The van der Waals surface area contributed by atoms with Crippen LogP contribution in [0.25, 0.3) is 0 Å². The number of anilines is 1. The fourth-order valence-electron chi connectivity index (χ4n) is 3.36. The third-order valence-corrected chi connectivity index (χ3v) is 5.79. The molecule has 6 heteroatoms. The van der Waals surface area contributed by atoms with E-state index in [0.29, 0.717) is 41.5 Å². The summed E-state index contributed by atoms with van der Waals surface area (Å²) in [5, 5.41) is 4.29. The van der Waals surface area contributed by atoms with E-state index in [1.165, 1.54) is 0 Å². The number of carbonyl (C=O) groups is 2. The van der Waals surface area contributed by atoms with Gasteiger partial charge in [0.25, 0.3) is 0 Å². The van der Waals surface area contributed by atoms with Crippen LogP contribution in [0.4, 0.5) is 5.69 Å². The molecule has 32 heavy (non-hydrogen) atoms. The summed E-state index contributed by atoms with van der Waals surface area (Å²) in [4.78, 5) is 24.7. The molecule has 3 rings (SSSR count). The summed E-state index contributed by atoms with van der Waals surface area (Å²) in [6.07, 6.45) is 1.44. The van der Waals surface area contributed by atoms with Crippen molar-refractivity contribution in [2.75, 3.05) is 11.9 Å². The lowest BCUT2D eigenvalue weighted by atomic mass is 9.97. The van der Waals surface area contributed by atoms with Crippen LogP contribution in [0.3, 0.4) is 0 Å². The zero-order valence-electron chi connectivity index (χ0n) is 17.8. The summed E-state index contributed by atoms with van der Waals surface area (Å²) in [5.74, 6) is -0.225. The van der Waals surface area contributed by atoms with E-state index in [1.807, 2.05) is 36.4 Å². The lowest BCUT2D eigenvalue weighted by Crippen LogP contribution is -2.16. The van der Waals surface area contributed by atoms with Crippen molar-refractivity contribution in [3.05, 3.63) is 99.5 Å². The molecule has 0 saturated heterocycles. The van der Waals surface area contributed by atoms with Crippen molar-refractivity contribution in [3.8, 4) is 0 Å². The Bertz CT molecular complexity index is 1050. The summed E-state index contributed by atoms with van der Waals surface area (Å²) >= 11 is 12.3. The van der Waals surface area contributed by atoms with E-state index >= 15 is 0 Å². The molecular weight excluding hydrogens is 445 g/mol. The highest BCUT2D eigenvalue weighted by Crippen LogP contribution is 2.30. The minimum absolute atomic E-state index is 0.139. The van der Waals surface area contributed by atoms with E-state index in [1.54, 1.807) is 43.3 Å². The standard InChI is InChI=1S/C26H25Cl2NO3/c1-2-32-26(31)19-9-12-21(13-10-19)29-25(20-11-15-23(27)24(28)16-20)17-22(30)14-8-18-6-4-3-5-7-18/h3-7,9-13,15-16,25,29H,2,8,14,17H2,1H3. The van der Waals surface area contributed by atoms with Crippen LogP contribution in [-0.4, -0.2) is 18.4 Å². The summed E-state index contributed by atoms with van der Waals surface area (Å²) in [6.45, 7) is 2.09. The zero-order chi connectivity index (χ0) is 22.9. The Morgan fingerprint density at radius 2 is 1.66 bits per heavy atom. The maximum atomic E-state index is 12.8. The molecule has 0 amide bonds. The van der Waals surface area contributed by atoms with Crippen LogP contribution >= 0.6 is 23.2 Å². The number of rotatable bonds is 10. The molecule has 0 fully saturated rings. The summed E-state index contributed by atoms with van der Waals surface area (Å²) in [5.41, 5.74) is 3.25. The van der Waals surface area contributed by atoms with Gasteiger partial charge in [0.2, 0.25) is 0 Å². The van der Waals surface area contributed by atoms with E-state index in [2.05, 4.69) is 5.32 Å². The average molecular weight is 470 g/mol.